The van der Waals surface area contributed by atoms with E-state index in [1.165, 1.54) is 0 Å². The maximum atomic E-state index is 12.7. The molecule has 138 valence electrons. The number of piperidine rings is 3. The molecule has 1 amide bonds. The minimum absolute atomic E-state index is 0.207. The van der Waals surface area contributed by atoms with Gasteiger partial charge >= 0.3 is 6.09 Å². The van der Waals surface area contributed by atoms with Crippen molar-refractivity contribution in [1.29, 1.82) is 0 Å². The highest BCUT2D eigenvalue weighted by atomic mass is 32.1. The fourth-order valence-electron chi connectivity index (χ4n) is 4.89. The minimum atomic E-state index is -0.322. The van der Waals surface area contributed by atoms with Crippen molar-refractivity contribution < 1.29 is 13.9 Å². The summed E-state index contributed by atoms with van der Waals surface area (Å²) in [4.78, 5) is 18.0. The zero-order valence-corrected chi connectivity index (χ0v) is 15.7. The van der Waals surface area contributed by atoms with Gasteiger partial charge < -0.3 is 9.15 Å². The molecule has 4 aliphatic heterocycles. The van der Waals surface area contributed by atoms with Crippen molar-refractivity contribution in [3.05, 3.63) is 42.5 Å². The number of thiophene rings is 1. The second-order valence-electron chi connectivity index (χ2n) is 7.86. The Labute approximate surface area is 161 Å². The average Bonchev–Trinajstić information content (AvgIpc) is 3.39. The van der Waals surface area contributed by atoms with Gasteiger partial charge in [-0.2, -0.15) is 0 Å². The Morgan fingerprint density at radius 1 is 1.07 bits per heavy atom. The number of furan rings is 1. The normalized spacial score (nSPS) is 29.8. The maximum Gasteiger partial charge on any atom is 0.415 e. The Morgan fingerprint density at radius 3 is 2.70 bits per heavy atom. The number of carbonyl (C=O) groups excluding carboxylic acids is 1. The van der Waals surface area contributed by atoms with Crippen LogP contribution in [-0.4, -0.2) is 42.8 Å². The summed E-state index contributed by atoms with van der Waals surface area (Å²) < 4.78 is 12.0. The Balaban J connectivity index is 1.30. The van der Waals surface area contributed by atoms with Crippen molar-refractivity contribution in [2.45, 2.75) is 18.4 Å². The molecule has 6 heteroatoms. The van der Waals surface area contributed by atoms with Crippen LogP contribution in [0.25, 0.3) is 21.6 Å². The summed E-state index contributed by atoms with van der Waals surface area (Å²) in [7, 11) is 0. The third-order valence-corrected chi connectivity index (χ3v) is 7.41. The van der Waals surface area contributed by atoms with Gasteiger partial charge in [-0.3, -0.25) is 9.80 Å². The second kappa shape index (κ2) is 5.59. The number of para-hydroxylation sites is 1. The molecule has 4 fully saturated rings. The van der Waals surface area contributed by atoms with Crippen LogP contribution in [0.5, 0.6) is 0 Å². The molecule has 0 radical (unpaired) electrons. The van der Waals surface area contributed by atoms with E-state index in [1.54, 1.807) is 11.3 Å². The molecule has 5 nitrogen and oxygen atoms in total. The molecular formula is C21H20N2O3S. The van der Waals surface area contributed by atoms with E-state index < -0.39 is 0 Å². The quantitative estimate of drug-likeness (QED) is 0.653. The number of hydrogen-bond acceptors (Lipinski definition) is 5. The molecule has 7 rings (SSSR count). The fourth-order valence-corrected chi connectivity index (χ4v) is 5.84. The second-order valence-corrected chi connectivity index (χ2v) is 8.92. The van der Waals surface area contributed by atoms with Crippen molar-refractivity contribution in [2.24, 2.45) is 5.92 Å². The molecule has 0 aliphatic carbocycles. The van der Waals surface area contributed by atoms with Gasteiger partial charge in [0.1, 0.15) is 21.9 Å². The van der Waals surface area contributed by atoms with Gasteiger partial charge in [0.2, 0.25) is 0 Å². The van der Waals surface area contributed by atoms with Crippen molar-refractivity contribution in [1.82, 2.24) is 4.90 Å². The lowest BCUT2D eigenvalue weighted by Crippen LogP contribution is -2.61. The van der Waals surface area contributed by atoms with Crippen LogP contribution in [0.15, 0.2) is 46.9 Å². The van der Waals surface area contributed by atoms with Crippen molar-refractivity contribution in [3.8, 4) is 10.6 Å². The van der Waals surface area contributed by atoms with E-state index in [4.69, 9.17) is 9.15 Å². The maximum absolute atomic E-state index is 12.7. The number of ether oxygens (including phenoxy) is 1. The van der Waals surface area contributed by atoms with E-state index in [2.05, 4.69) is 11.0 Å². The lowest BCUT2D eigenvalue weighted by atomic mass is 9.75. The van der Waals surface area contributed by atoms with Crippen LogP contribution in [-0.2, 0) is 4.74 Å². The van der Waals surface area contributed by atoms with E-state index in [9.17, 15) is 4.79 Å². The van der Waals surface area contributed by atoms with Gasteiger partial charge in [-0.1, -0.05) is 18.2 Å². The van der Waals surface area contributed by atoms with Crippen LogP contribution in [0.3, 0.4) is 0 Å². The summed E-state index contributed by atoms with van der Waals surface area (Å²) >= 11 is 1.59. The minimum Gasteiger partial charge on any atom is -0.455 e. The molecule has 0 N–H and O–H groups in total. The van der Waals surface area contributed by atoms with E-state index in [0.29, 0.717) is 12.5 Å². The number of nitrogens with zero attached hydrogens (tertiary/aromatic N) is 2. The van der Waals surface area contributed by atoms with Crippen LogP contribution in [0.4, 0.5) is 9.80 Å². The lowest BCUT2D eigenvalue weighted by molar-refractivity contribution is -0.0881. The monoisotopic (exact) mass is 380 g/mol. The largest absolute Gasteiger partial charge is 0.455 e. The highest BCUT2D eigenvalue weighted by Gasteiger charge is 2.55. The number of benzene rings is 1. The molecule has 2 bridgehead atoms. The first-order chi connectivity index (χ1) is 13.2. The van der Waals surface area contributed by atoms with Crippen LogP contribution in [0.1, 0.15) is 12.8 Å². The first-order valence-electron chi connectivity index (χ1n) is 9.52. The molecule has 4 aliphatic rings. The summed E-state index contributed by atoms with van der Waals surface area (Å²) in [5.74, 6) is 1.34. The molecule has 27 heavy (non-hydrogen) atoms. The molecule has 1 aromatic carbocycles. The smallest absolute Gasteiger partial charge is 0.415 e. The Hall–Kier alpha value is -2.31. The van der Waals surface area contributed by atoms with Crippen LogP contribution >= 0.6 is 11.3 Å². The zero-order chi connectivity index (χ0) is 18.0. The molecule has 4 saturated heterocycles. The summed E-state index contributed by atoms with van der Waals surface area (Å²) in [5, 5.41) is 2.03. The summed E-state index contributed by atoms with van der Waals surface area (Å²) in [6.45, 7) is 3.81. The SMILES string of the molecule is O=C1O[C@@]2(CN3CCC2CC3)CN1c1ccc(-c2cc3ccccc3o2)s1. The van der Waals surface area contributed by atoms with Crippen molar-refractivity contribution >= 4 is 33.4 Å². The topological polar surface area (TPSA) is 45.9 Å². The molecule has 0 saturated carbocycles. The van der Waals surface area contributed by atoms with E-state index in [0.717, 1.165) is 59.1 Å². The fraction of sp³-hybridized carbons (Fsp3) is 0.381. The van der Waals surface area contributed by atoms with Gasteiger partial charge in [0.15, 0.2) is 0 Å². The summed E-state index contributed by atoms with van der Waals surface area (Å²) in [6.07, 6.45) is 2.06. The molecular weight excluding hydrogens is 360 g/mol. The lowest BCUT2D eigenvalue weighted by Gasteiger charge is -2.49. The van der Waals surface area contributed by atoms with Gasteiger partial charge in [0, 0.05) is 17.8 Å². The standard InChI is InChI=1S/C21H20N2O3S/c24-20-23(13-21(26-20)12-22-9-7-15(21)8-10-22)19-6-5-18(27-19)17-11-14-3-1-2-4-16(14)25-17/h1-6,11,15H,7-10,12-13H2/t21-/m0/s1. The number of carbonyl (C=O) groups is 1. The number of rotatable bonds is 2. The van der Waals surface area contributed by atoms with Gasteiger partial charge in [-0.15, -0.1) is 11.3 Å². The highest BCUT2D eigenvalue weighted by Crippen LogP contribution is 2.45. The predicted octanol–water partition coefficient (Wildman–Crippen LogP) is 4.58. The van der Waals surface area contributed by atoms with Gasteiger partial charge in [0.25, 0.3) is 0 Å². The van der Waals surface area contributed by atoms with Crippen LogP contribution in [0, 0.1) is 5.92 Å². The van der Waals surface area contributed by atoms with E-state index in [-0.39, 0.29) is 11.7 Å². The van der Waals surface area contributed by atoms with Crippen LogP contribution in [0.2, 0.25) is 0 Å². The van der Waals surface area contributed by atoms with E-state index in [1.807, 2.05) is 41.3 Å². The average molecular weight is 380 g/mol. The molecule has 3 aromatic rings. The molecule has 1 atom stereocenters. The molecule has 2 aromatic heterocycles. The molecule has 1 spiro atoms. The number of hydrogen-bond donors (Lipinski definition) is 0. The third kappa shape index (κ3) is 2.36. The summed E-state index contributed by atoms with van der Waals surface area (Å²) in [5.41, 5.74) is 0.561. The zero-order valence-electron chi connectivity index (χ0n) is 14.9. The highest BCUT2D eigenvalue weighted by molar-refractivity contribution is 7.19. The van der Waals surface area contributed by atoms with Crippen molar-refractivity contribution in [2.75, 3.05) is 31.1 Å². The van der Waals surface area contributed by atoms with Gasteiger partial charge in [0.05, 0.1) is 11.4 Å². The Kier molecular flexibility index (Phi) is 3.26. The third-order valence-electron chi connectivity index (χ3n) is 6.29. The Bertz CT molecular complexity index is 1000. The number of fused-ring (bicyclic) bond motifs is 3. The first-order valence-corrected chi connectivity index (χ1v) is 10.3. The van der Waals surface area contributed by atoms with Crippen molar-refractivity contribution in [3.63, 3.8) is 0 Å². The van der Waals surface area contributed by atoms with Crippen LogP contribution < -0.4 is 4.90 Å². The first kappa shape index (κ1) is 15.7. The molecule has 0 unspecified atom stereocenters. The molecule has 6 heterocycles. The summed E-state index contributed by atoms with van der Waals surface area (Å²) in [6, 6.07) is 14.1. The number of amides is 1. The number of anilines is 1. The van der Waals surface area contributed by atoms with Gasteiger partial charge in [-0.05, 0) is 50.2 Å². The predicted molar refractivity (Wildman–Crippen MR) is 105 cm³/mol. The van der Waals surface area contributed by atoms with Gasteiger partial charge in [-0.25, -0.2) is 4.79 Å². The van der Waals surface area contributed by atoms with E-state index >= 15 is 0 Å². The Morgan fingerprint density at radius 2 is 1.93 bits per heavy atom.